The number of anilines is 2. The van der Waals surface area contributed by atoms with Crippen LogP contribution in [0, 0.1) is 17.6 Å². The smallest absolute Gasteiger partial charge is 0.243 e. The van der Waals surface area contributed by atoms with Gasteiger partial charge < -0.3 is 10.6 Å². The van der Waals surface area contributed by atoms with Gasteiger partial charge in [0.15, 0.2) is 0 Å². The molecule has 1 aliphatic heterocycles. The zero-order valence-corrected chi connectivity index (χ0v) is 17.0. The highest BCUT2D eigenvalue weighted by molar-refractivity contribution is 7.89. The molecule has 10 heteroatoms. The van der Waals surface area contributed by atoms with Crippen LogP contribution in [-0.4, -0.2) is 37.6 Å². The van der Waals surface area contributed by atoms with Crippen LogP contribution in [0.1, 0.15) is 19.8 Å². The molecule has 2 amide bonds. The van der Waals surface area contributed by atoms with Crippen LogP contribution < -0.4 is 10.6 Å². The van der Waals surface area contributed by atoms with Gasteiger partial charge in [-0.15, -0.1) is 0 Å². The highest BCUT2D eigenvalue weighted by atomic mass is 32.2. The van der Waals surface area contributed by atoms with Crippen molar-refractivity contribution in [1.29, 1.82) is 0 Å². The molecule has 1 aliphatic rings. The fourth-order valence-corrected chi connectivity index (χ4v) is 4.79. The summed E-state index contributed by atoms with van der Waals surface area (Å²) >= 11 is 0. The second kappa shape index (κ2) is 8.88. The first-order chi connectivity index (χ1) is 14.2. The van der Waals surface area contributed by atoms with Crippen molar-refractivity contribution in [3.05, 3.63) is 54.1 Å². The van der Waals surface area contributed by atoms with Crippen LogP contribution in [0.2, 0.25) is 0 Å². The van der Waals surface area contributed by atoms with E-state index in [-0.39, 0.29) is 29.6 Å². The van der Waals surface area contributed by atoms with E-state index in [1.165, 1.54) is 35.5 Å². The summed E-state index contributed by atoms with van der Waals surface area (Å²) in [7, 11) is -3.88. The predicted octanol–water partition coefficient (Wildman–Crippen LogP) is 2.96. The van der Waals surface area contributed by atoms with Gasteiger partial charge in [0.25, 0.3) is 0 Å². The average molecular weight is 437 g/mol. The number of carbonyl (C=O) groups excluding carboxylic acids is 2. The molecule has 0 radical (unpaired) electrons. The summed E-state index contributed by atoms with van der Waals surface area (Å²) in [5.41, 5.74) is 0.216. The van der Waals surface area contributed by atoms with Gasteiger partial charge in [0, 0.05) is 25.7 Å². The molecule has 0 spiro atoms. The van der Waals surface area contributed by atoms with Crippen molar-refractivity contribution in [2.24, 2.45) is 5.92 Å². The van der Waals surface area contributed by atoms with Gasteiger partial charge in [0.1, 0.15) is 11.6 Å². The Balaban J connectivity index is 1.73. The van der Waals surface area contributed by atoms with Crippen LogP contribution in [0.25, 0.3) is 0 Å². The number of piperidine rings is 1. The quantitative estimate of drug-likeness (QED) is 0.752. The fourth-order valence-electron chi connectivity index (χ4n) is 3.27. The van der Waals surface area contributed by atoms with Crippen LogP contribution in [0.3, 0.4) is 0 Å². The van der Waals surface area contributed by atoms with E-state index in [0.29, 0.717) is 18.5 Å². The molecule has 0 bridgehead atoms. The molecular weight excluding hydrogens is 416 g/mol. The monoisotopic (exact) mass is 437 g/mol. The van der Waals surface area contributed by atoms with Crippen LogP contribution in [0.15, 0.2) is 47.4 Å². The Morgan fingerprint density at radius 2 is 1.77 bits per heavy atom. The maximum atomic E-state index is 14.1. The molecule has 1 unspecified atom stereocenters. The minimum absolute atomic E-state index is 0.0565. The average Bonchev–Trinajstić information content (AvgIpc) is 2.70. The molecule has 0 aromatic heterocycles. The minimum Gasteiger partial charge on any atom is -0.326 e. The van der Waals surface area contributed by atoms with Crippen molar-refractivity contribution in [1.82, 2.24) is 4.31 Å². The topological polar surface area (TPSA) is 95.6 Å². The lowest BCUT2D eigenvalue weighted by atomic mass is 9.98. The Morgan fingerprint density at radius 3 is 2.43 bits per heavy atom. The van der Waals surface area contributed by atoms with E-state index in [9.17, 15) is 26.8 Å². The third kappa shape index (κ3) is 5.00. The fraction of sp³-hybridized carbons (Fsp3) is 0.300. The number of rotatable bonds is 5. The Bertz CT molecular complexity index is 1060. The van der Waals surface area contributed by atoms with E-state index in [1.807, 2.05) is 0 Å². The molecule has 1 heterocycles. The molecule has 1 atom stereocenters. The lowest BCUT2D eigenvalue weighted by molar-refractivity contribution is -0.121. The first-order valence-electron chi connectivity index (χ1n) is 9.30. The van der Waals surface area contributed by atoms with Crippen molar-refractivity contribution in [2.45, 2.75) is 24.7 Å². The summed E-state index contributed by atoms with van der Waals surface area (Å²) in [5, 5.41) is 4.98. The number of hydrogen-bond acceptors (Lipinski definition) is 4. The molecule has 0 aliphatic carbocycles. The van der Waals surface area contributed by atoms with Gasteiger partial charge in [-0.05, 0) is 55.3 Å². The zero-order valence-electron chi connectivity index (χ0n) is 16.2. The number of benzene rings is 2. The summed E-state index contributed by atoms with van der Waals surface area (Å²) in [6, 6.07) is 8.26. The number of sulfonamides is 1. The molecule has 2 N–H and O–H groups in total. The van der Waals surface area contributed by atoms with Crippen molar-refractivity contribution in [2.75, 3.05) is 23.7 Å². The number of hydrogen-bond donors (Lipinski definition) is 2. The van der Waals surface area contributed by atoms with Gasteiger partial charge in [-0.2, -0.15) is 4.31 Å². The van der Waals surface area contributed by atoms with Crippen molar-refractivity contribution >= 4 is 33.2 Å². The van der Waals surface area contributed by atoms with E-state index >= 15 is 0 Å². The van der Waals surface area contributed by atoms with E-state index in [2.05, 4.69) is 10.6 Å². The van der Waals surface area contributed by atoms with Crippen LogP contribution in [0.4, 0.5) is 20.2 Å². The molecule has 0 saturated carbocycles. The Morgan fingerprint density at radius 1 is 1.07 bits per heavy atom. The summed E-state index contributed by atoms with van der Waals surface area (Å²) in [5.74, 6) is -2.77. The largest absolute Gasteiger partial charge is 0.326 e. The minimum atomic E-state index is -3.88. The van der Waals surface area contributed by atoms with E-state index in [4.69, 9.17) is 0 Å². The standard InChI is InChI=1S/C20H21F2N3O4S/c1-13(26)23-16-6-9-18(22)19(11-16)24-20(27)14-3-2-10-25(12-14)30(28,29)17-7-4-15(21)5-8-17/h4-9,11,14H,2-3,10,12H2,1H3,(H,23,26)(H,24,27). The molecule has 2 aromatic carbocycles. The Kier molecular flexibility index (Phi) is 6.47. The highest BCUT2D eigenvalue weighted by Crippen LogP contribution is 2.26. The number of nitrogens with one attached hydrogen (secondary N) is 2. The Hall–Kier alpha value is -2.85. The summed E-state index contributed by atoms with van der Waals surface area (Å²) in [6.07, 6.45) is 0.890. The Labute approximate surface area is 173 Å². The summed E-state index contributed by atoms with van der Waals surface area (Å²) in [4.78, 5) is 23.8. The normalized spacial score (nSPS) is 17.4. The molecule has 1 fully saturated rings. The van der Waals surface area contributed by atoms with Crippen molar-refractivity contribution in [3.8, 4) is 0 Å². The number of halogens is 2. The van der Waals surface area contributed by atoms with Crippen LogP contribution in [-0.2, 0) is 19.6 Å². The van der Waals surface area contributed by atoms with Gasteiger partial charge in [-0.3, -0.25) is 9.59 Å². The van der Waals surface area contributed by atoms with Crippen molar-refractivity contribution in [3.63, 3.8) is 0 Å². The number of nitrogens with zero attached hydrogens (tertiary/aromatic N) is 1. The predicted molar refractivity (Wildman–Crippen MR) is 107 cm³/mol. The molecular formula is C20H21F2N3O4S. The van der Waals surface area contributed by atoms with Gasteiger partial charge in [0.2, 0.25) is 21.8 Å². The first kappa shape index (κ1) is 21.8. The molecule has 1 saturated heterocycles. The maximum absolute atomic E-state index is 14.1. The van der Waals surface area contributed by atoms with Crippen molar-refractivity contribution < 1.29 is 26.8 Å². The number of carbonyl (C=O) groups is 2. The first-order valence-corrected chi connectivity index (χ1v) is 10.7. The summed E-state index contributed by atoms with van der Waals surface area (Å²) < 4.78 is 54.0. The molecule has 7 nitrogen and oxygen atoms in total. The lowest BCUT2D eigenvalue weighted by Gasteiger charge is -2.31. The highest BCUT2D eigenvalue weighted by Gasteiger charge is 2.33. The van der Waals surface area contributed by atoms with Crippen LogP contribution in [0.5, 0.6) is 0 Å². The van der Waals surface area contributed by atoms with Gasteiger partial charge in [0.05, 0.1) is 16.5 Å². The number of amides is 2. The molecule has 160 valence electrons. The van der Waals surface area contributed by atoms with E-state index < -0.39 is 33.5 Å². The molecule has 3 rings (SSSR count). The van der Waals surface area contributed by atoms with E-state index in [0.717, 1.165) is 18.2 Å². The maximum Gasteiger partial charge on any atom is 0.243 e. The van der Waals surface area contributed by atoms with Crippen LogP contribution >= 0.6 is 0 Å². The lowest BCUT2D eigenvalue weighted by Crippen LogP contribution is -2.43. The van der Waals surface area contributed by atoms with E-state index in [1.54, 1.807) is 0 Å². The molecule has 30 heavy (non-hydrogen) atoms. The zero-order chi connectivity index (χ0) is 21.9. The third-order valence-electron chi connectivity index (χ3n) is 4.75. The van der Waals surface area contributed by atoms with Gasteiger partial charge in [-0.25, -0.2) is 17.2 Å². The summed E-state index contributed by atoms with van der Waals surface area (Å²) in [6.45, 7) is 1.47. The molecule has 2 aromatic rings. The van der Waals surface area contributed by atoms with Gasteiger partial charge >= 0.3 is 0 Å². The third-order valence-corrected chi connectivity index (χ3v) is 6.63. The second-order valence-electron chi connectivity index (χ2n) is 7.02. The SMILES string of the molecule is CC(=O)Nc1ccc(F)c(NC(=O)C2CCCN(S(=O)(=O)c3ccc(F)cc3)C2)c1. The van der Waals surface area contributed by atoms with Gasteiger partial charge in [-0.1, -0.05) is 0 Å². The second-order valence-corrected chi connectivity index (χ2v) is 8.96.